The summed E-state index contributed by atoms with van der Waals surface area (Å²) in [6.07, 6.45) is 2.95. The van der Waals surface area contributed by atoms with E-state index in [-0.39, 0.29) is 11.7 Å². The van der Waals surface area contributed by atoms with Crippen molar-refractivity contribution in [2.45, 2.75) is 38.5 Å². The van der Waals surface area contributed by atoms with Crippen LogP contribution in [0.15, 0.2) is 36.0 Å². The smallest absolute Gasteiger partial charge is 0.158 e. The molecule has 2 heteroatoms. The standard InChI is InChI=1S/C15H19NO/c1-10(2)11-3-5-12(6-4-11)13-7-14(16)9-15(17)8-13/h3-6,9-10,13H,7-8,16H2,1-2H3. The summed E-state index contributed by atoms with van der Waals surface area (Å²) in [7, 11) is 0. The molecule has 0 bridgehead atoms. The van der Waals surface area contributed by atoms with Crippen LogP contribution in [-0.4, -0.2) is 5.78 Å². The number of allylic oxidation sites excluding steroid dienone is 2. The van der Waals surface area contributed by atoms with Crippen molar-refractivity contribution in [3.05, 3.63) is 47.2 Å². The molecule has 0 heterocycles. The number of carbonyl (C=O) groups excluding carboxylic acids is 1. The van der Waals surface area contributed by atoms with Gasteiger partial charge < -0.3 is 5.73 Å². The van der Waals surface area contributed by atoms with Gasteiger partial charge in [0, 0.05) is 12.1 Å². The predicted molar refractivity (Wildman–Crippen MR) is 69.8 cm³/mol. The van der Waals surface area contributed by atoms with Crippen LogP contribution in [0.2, 0.25) is 0 Å². The average molecular weight is 229 g/mol. The van der Waals surface area contributed by atoms with E-state index in [2.05, 4.69) is 38.1 Å². The van der Waals surface area contributed by atoms with E-state index >= 15 is 0 Å². The van der Waals surface area contributed by atoms with Crippen LogP contribution < -0.4 is 5.73 Å². The minimum Gasteiger partial charge on any atom is -0.402 e. The van der Waals surface area contributed by atoms with E-state index in [0.29, 0.717) is 18.0 Å². The van der Waals surface area contributed by atoms with Gasteiger partial charge in [-0.2, -0.15) is 0 Å². The minimum atomic E-state index is 0.145. The van der Waals surface area contributed by atoms with Crippen LogP contribution in [0, 0.1) is 0 Å². The quantitative estimate of drug-likeness (QED) is 0.846. The Balaban J connectivity index is 2.18. The number of hydrogen-bond donors (Lipinski definition) is 1. The molecular formula is C15H19NO. The Morgan fingerprint density at radius 2 is 1.82 bits per heavy atom. The monoisotopic (exact) mass is 229 g/mol. The maximum atomic E-state index is 11.5. The molecule has 17 heavy (non-hydrogen) atoms. The van der Waals surface area contributed by atoms with E-state index in [4.69, 9.17) is 5.73 Å². The fourth-order valence-electron chi connectivity index (χ4n) is 2.31. The van der Waals surface area contributed by atoms with Gasteiger partial charge in [0.25, 0.3) is 0 Å². The van der Waals surface area contributed by atoms with Gasteiger partial charge in [0.2, 0.25) is 0 Å². The van der Waals surface area contributed by atoms with E-state index in [0.717, 1.165) is 6.42 Å². The van der Waals surface area contributed by atoms with Crippen LogP contribution >= 0.6 is 0 Å². The van der Waals surface area contributed by atoms with Crippen LogP contribution in [0.4, 0.5) is 0 Å². The lowest BCUT2D eigenvalue weighted by Gasteiger charge is -2.20. The number of rotatable bonds is 2. The van der Waals surface area contributed by atoms with Gasteiger partial charge in [0.05, 0.1) is 0 Å². The second kappa shape index (κ2) is 4.74. The molecule has 2 rings (SSSR count). The lowest BCUT2D eigenvalue weighted by Crippen LogP contribution is -2.16. The highest BCUT2D eigenvalue weighted by Gasteiger charge is 2.20. The van der Waals surface area contributed by atoms with Crippen molar-refractivity contribution in [1.29, 1.82) is 0 Å². The van der Waals surface area contributed by atoms with E-state index < -0.39 is 0 Å². The third-order valence-corrected chi connectivity index (χ3v) is 3.35. The molecule has 0 saturated carbocycles. The van der Waals surface area contributed by atoms with Crippen molar-refractivity contribution < 1.29 is 4.79 Å². The van der Waals surface area contributed by atoms with Crippen LogP contribution in [0.25, 0.3) is 0 Å². The second-order valence-electron chi connectivity index (χ2n) is 5.11. The van der Waals surface area contributed by atoms with Crippen molar-refractivity contribution in [1.82, 2.24) is 0 Å². The van der Waals surface area contributed by atoms with Gasteiger partial charge in [-0.1, -0.05) is 38.1 Å². The van der Waals surface area contributed by atoms with Crippen LogP contribution in [0.5, 0.6) is 0 Å². The molecule has 0 amide bonds. The Kier molecular flexibility index (Phi) is 3.32. The molecule has 1 unspecified atom stereocenters. The summed E-state index contributed by atoms with van der Waals surface area (Å²) in [6.45, 7) is 4.36. The van der Waals surface area contributed by atoms with Gasteiger partial charge >= 0.3 is 0 Å². The Bertz CT molecular complexity index is 442. The van der Waals surface area contributed by atoms with Gasteiger partial charge in [-0.3, -0.25) is 4.79 Å². The Labute approximate surface area is 103 Å². The lowest BCUT2D eigenvalue weighted by atomic mass is 9.85. The molecule has 0 aromatic heterocycles. The SMILES string of the molecule is CC(C)c1ccc(C2CC(=O)C=C(N)C2)cc1. The molecule has 1 aromatic rings. The normalized spacial score (nSPS) is 20.5. The molecule has 1 atom stereocenters. The average Bonchev–Trinajstić information content (AvgIpc) is 2.28. The topological polar surface area (TPSA) is 43.1 Å². The number of hydrogen-bond acceptors (Lipinski definition) is 2. The summed E-state index contributed by atoms with van der Waals surface area (Å²) in [4.78, 5) is 11.5. The zero-order chi connectivity index (χ0) is 12.4. The summed E-state index contributed by atoms with van der Waals surface area (Å²) >= 11 is 0. The zero-order valence-electron chi connectivity index (χ0n) is 10.4. The molecule has 1 aliphatic rings. The van der Waals surface area contributed by atoms with Crippen molar-refractivity contribution in [2.24, 2.45) is 5.73 Å². The molecule has 90 valence electrons. The second-order valence-corrected chi connectivity index (χ2v) is 5.11. The Morgan fingerprint density at radius 1 is 1.18 bits per heavy atom. The number of benzene rings is 1. The number of ketones is 1. The maximum absolute atomic E-state index is 11.5. The predicted octanol–water partition coefficient (Wildman–Crippen LogP) is 3.10. The van der Waals surface area contributed by atoms with Crippen molar-refractivity contribution in [3.8, 4) is 0 Å². The maximum Gasteiger partial charge on any atom is 0.158 e. The highest BCUT2D eigenvalue weighted by Crippen LogP contribution is 2.30. The molecule has 0 radical (unpaired) electrons. The lowest BCUT2D eigenvalue weighted by molar-refractivity contribution is -0.115. The van der Waals surface area contributed by atoms with Crippen molar-refractivity contribution in [3.63, 3.8) is 0 Å². The van der Waals surface area contributed by atoms with Crippen LogP contribution in [-0.2, 0) is 4.79 Å². The highest BCUT2D eigenvalue weighted by molar-refractivity contribution is 5.91. The first-order valence-corrected chi connectivity index (χ1v) is 6.15. The summed E-state index contributed by atoms with van der Waals surface area (Å²) in [5, 5.41) is 0. The van der Waals surface area contributed by atoms with E-state index in [9.17, 15) is 4.79 Å². The summed E-state index contributed by atoms with van der Waals surface area (Å²) < 4.78 is 0. The number of carbonyl (C=O) groups is 1. The Hall–Kier alpha value is -1.57. The van der Waals surface area contributed by atoms with Crippen molar-refractivity contribution in [2.75, 3.05) is 0 Å². The molecule has 1 aliphatic carbocycles. The van der Waals surface area contributed by atoms with Gasteiger partial charge in [0.1, 0.15) is 0 Å². The molecule has 2 N–H and O–H groups in total. The van der Waals surface area contributed by atoms with Gasteiger partial charge in [-0.25, -0.2) is 0 Å². The van der Waals surface area contributed by atoms with Crippen molar-refractivity contribution >= 4 is 5.78 Å². The summed E-state index contributed by atoms with van der Waals surface area (Å²) in [5.74, 6) is 0.947. The first-order valence-electron chi connectivity index (χ1n) is 6.15. The first kappa shape index (κ1) is 11.9. The van der Waals surface area contributed by atoms with Gasteiger partial charge in [0.15, 0.2) is 5.78 Å². The molecule has 2 nitrogen and oxygen atoms in total. The van der Waals surface area contributed by atoms with E-state index in [1.165, 1.54) is 11.1 Å². The Morgan fingerprint density at radius 3 is 2.35 bits per heavy atom. The molecule has 1 aromatic carbocycles. The van der Waals surface area contributed by atoms with E-state index in [1.54, 1.807) is 6.08 Å². The molecular weight excluding hydrogens is 210 g/mol. The fraction of sp³-hybridized carbons (Fsp3) is 0.400. The third-order valence-electron chi connectivity index (χ3n) is 3.35. The summed E-state index contributed by atoms with van der Waals surface area (Å²) in [6, 6.07) is 8.57. The minimum absolute atomic E-state index is 0.145. The summed E-state index contributed by atoms with van der Waals surface area (Å²) in [5.41, 5.74) is 9.03. The number of nitrogens with two attached hydrogens (primary N) is 1. The fourth-order valence-corrected chi connectivity index (χ4v) is 2.31. The van der Waals surface area contributed by atoms with Crippen LogP contribution in [0.1, 0.15) is 49.7 Å². The largest absolute Gasteiger partial charge is 0.402 e. The third kappa shape index (κ3) is 2.76. The van der Waals surface area contributed by atoms with E-state index in [1.807, 2.05) is 0 Å². The van der Waals surface area contributed by atoms with Gasteiger partial charge in [-0.15, -0.1) is 0 Å². The molecule has 0 aliphatic heterocycles. The first-order chi connectivity index (χ1) is 8.06. The molecule has 0 spiro atoms. The van der Waals surface area contributed by atoms with Crippen LogP contribution in [0.3, 0.4) is 0 Å². The van der Waals surface area contributed by atoms with Gasteiger partial charge in [-0.05, 0) is 35.5 Å². The molecule has 0 fully saturated rings. The zero-order valence-corrected chi connectivity index (χ0v) is 10.4. The highest BCUT2D eigenvalue weighted by atomic mass is 16.1. The molecule has 0 saturated heterocycles.